The summed E-state index contributed by atoms with van der Waals surface area (Å²) in [4.78, 5) is 2.42. The first-order chi connectivity index (χ1) is 33.0. The van der Waals surface area contributed by atoms with Crippen molar-refractivity contribution in [1.82, 2.24) is 4.57 Å². The molecule has 0 amide bonds. The Morgan fingerprint density at radius 2 is 0.776 bits per heavy atom. The van der Waals surface area contributed by atoms with Gasteiger partial charge in [-0.2, -0.15) is 0 Å². The molecule has 0 aliphatic heterocycles. The molecule has 0 spiro atoms. The first-order valence-corrected chi connectivity index (χ1v) is 23.3. The quantitative estimate of drug-likeness (QED) is 0.145. The molecule has 13 rings (SSSR count). The zero-order valence-electron chi connectivity index (χ0n) is 37.5. The summed E-state index contributed by atoms with van der Waals surface area (Å²) in [7, 11) is 0. The third-order valence-electron chi connectivity index (χ3n) is 14.4. The summed E-state index contributed by atoms with van der Waals surface area (Å²) in [5.74, 6) is 0. The molecule has 316 valence electrons. The number of para-hydroxylation sites is 2. The first kappa shape index (κ1) is 39.0. The van der Waals surface area contributed by atoms with Gasteiger partial charge >= 0.3 is 0 Å². The van der Waals surface area contributed by atoms with Crippen molar-refractivity contribution >= 4 is 60.4 Å². The van der Waals surface area contributed by atoms with Crippen LogP contribution >= 0.6 is 0 Å². The average molecular weight is 855 g/mol. The topological polar surface area (TPSA) is 8.17 Å². The average Bonchev–Trinajstić information content (AvgIpc) is 3.84. The van der Waals surface area contributed by atoms with Gasteiger partial charge in [0, 0.05) is 38.9 Å². The Kier molecular flexibility index (Phi) is 8.91. The standard InChI is InChI=1S/C65H46N2/c1-65(2)59-26-14-11-21-51(59)52-40-38-50(42-60(52)65)66(48-34-36-49(37-35-48)67-61-27-15-12-22-53(61)54-23-13-16-28-62(54)67)47-32-29-43(30-33-47)46-31-39-57-58(41-46)64(45-19-7-4-8-20-45)56-25-10-9-24-55(56)63(57)44-17-5-3-6-18-44/h3-42H,1-2H3. The maximum Gasteiger partial charge on any atom is 0.0541 e. The predicted octanol–water partition coefficient (Wildman–Crippen LogP) is 17.9. The highest BCUT2D eigenvalue weighted by atomic mass is 15.1. The maximum absolute atomic E-state index is 2.42. The van der Waals surface area contributed by atoms with E-state index in [9.17, 15) is 0 Å². The lowest BCUT2D eigenvalue weighted by molar-refractivity contribution is 0.660. The predicted molar refractivity (Wildman–Crippen MR) is 284 cm³/mol. The molecule has 2 nitrogen and oxygen atoms in total. The molecule has 0 radical (unpaired) electrons. The highest BCUT2D eigenvalue weighted by Gasteiger charge is 2.35. The van der Waals surface area contributed by atoms with E-state index in [4.69, 9.17) is 0 Å². The van der Waals surface area contributed by atoms with Crippen molar-refractivity contribution in [2.45, 2.75) is 19.3 Å². The number of rotatable bonds is 7. The van der Waals surface area contributed by atoms with Crippen LogP contribution in [0.15, 0.2) is 243 Å². The minimum Gasteiger partial charge on any atom is -0.310 e. The Balaban J connectivity index is 0.956. The van der Waals surface area contributed by atoms with Crippen molar-refractivity contribution in [2.75, 3.05) is 4.90 Å². The number of hydrogen-bond donors (Lipinski definition) is 0. The Bertz CT molecular complexity index is 3810. The number of anilines is 3. The number of aromatic nitrogens is 1. The van der Waals surface area contributed by atoms with Gasteiger partial charge in [0.15, 0.2) is 0 Å². The SMILES string of the molecule is CC1(C)c2ccccc2-c2ccc(N(c3ccc(-c4ccc5c(-c6ccccc6)c6ccccc6c(-c6ccccc6)c5c4)cc3)c3ccc(-n4c5ccccc5c5ccccc54)cc3)cc21. The summed E-state index contributed by atoms with van der Waals surface area (Å²) < 4.78 is 2.39. The number of hydrogen-bond acceptors (Lipinski definition) is 1. The Morgan fingerprint density at radius 3 is 1.40 bits per heavy atom. The summed E-state index contributed by atoms with van der Waals surface area (Å²) in [6.07, 6.45) is 0. The van der Waals surface area contributed by atoms with E-state index in [-0.39, 0.29) is 5.41 Å². The summed E-state index contributed by atoms with van der Waals surface area (Å²) in [6.45, 7) is 4.72. The summed E-state index contributed by atoms with van der Waals surface area (Å²) in [5, 5.41) is 7.54. The highest BCUT2D eigenvalue weighted by Crippen LogP contribution is 2.51. The van der Waals surface area contributed by atoms with E-state index in [1.165, 1.54) is 99.0 Å². The van der Waals surface area contributed by atoms with Crippen molar-refractivity contribution in [3.05, 3.63) is 254 Å². The molecule has 1 aromatic heterocycles. The normalized spacial score (nSPS) is 12.7. The molecule has 0 N–H and O–H groups in total. The third kappa shape index (κ3) is 6.18. The van der Waals surface area contributed by atoms with Crippen LogP contribution in [0.5, 0.6) is 0 Å². The van der Waals surface area contributed by atoms with E-state index < -0.39 is 0 Å². The molecule has 12 aromatic rings. The molecule has 0 atom stereocenters. The Labute approximate surface area is 391 Å². The van der Waals surface area contributed by atoms with Crippen LogP contribution in [0.25, 0.3) is 93.5 Å². The molecule has 1 aliphatic carbocycles. The fourth-order valence-electron chi connectivity index (χ4n) is 11.2. The van der Waals surface area contributed by atoms with Gasteiger partial charge in [-0.05, 0) is 144 Å². The number of fused-ring (bicyclic) bond motifs is 8. The minimum absolute atomic E-state index is 0.127. The van der Waals surface area contributed by atoms with Gasteiger partial charge in [0.1, 0.15) is 0 Å². The number of nitrogens with zero attached hydrogens (tertiary/aromatic N) is 2. The van der Waals surface area contributed by atoms with E-state index in [0.29, 0.717) is 0 Å². The van der Waals surface area contributed by atoms with Gasteiger partial charge in [-0.1, -0.05) is 190 Å². The van der Waals surface area contributed by atoms with Gasteiger partial charge in [0.2, 0.25) is 0 Å². The second-order valence-corrected chi connectivity index (χ2v) is 18.5. The maximum atomic E-state index is 2.42. The number of benzene rings is 11. The Morgan fingerprint density at radius 1 is 0.313 bits per heavy atom. The Hall–Kier alpha value is -8.46. The van der Waals surface area contributed by atoms with Crippen molar-refractivity contribution in [2.24, 2.45) is 0 Å². The molecule has 67 heavy (non-hydrogen) atoms. The molecule has 0 saturated heterocycles. The van der Waals surface area contributed by atoms with Gasteiger partial charge in [-0.25, -0.2) is 0 Å². The van der Waals surface area contributed by atoms with Crippen LogP contribution < -0.4 is 4.90 Å². The van der Waals surface area contributed by atoms with Crippen molar-refractivity contribution in [3.8, 4) is 50.2 Å². The van der Waals surface area contributed by atoms with Gasteiger partial charge < -0.3 is 9.47 Å². The molecule has 0 bridgehead atoms. The van der Waals surface area contributed by atoms with E-state index in [1.807, 2.05) is 0 Å². The van der Waals surface area contributed by atoms with Crippen LogP contribution in [0.2, 0.25) is 0 Å². The van der Waals surface area contributed by atoms with Crippen LogP contribution in [0, 0.1) is 0 Å². The third-order valence-corrected chi connectivity index (χ3v) is 14.4. The fourth-order valence-corrected chi connectivity index (χ4v) is 11.2. The summed E-state index contributed by atoms with van der Waals surface area (Å²) >= 11 is 0. The van der Waals surface area contributed by atoms with Crippen LogP contribution in [0.4, 0.5) is 17.1 Å². The van der Waals surface area contributed by atoms with Gasteiger partial charge in [-0.15, -0.1) is 0 Å². The van der Waals surface area contributed by atoms with Gasteiger partial charge in [-0.3, -0.25) is 0 Å². The monoisotopic (exact) mass is 854 g/mol. The van der Waals surface area contributed by atoms with Crippen LogP contribution in [-0.4, -0.2) is 4.57 Å². The lowest BCUT2D eigenvalue weighted by Crippen LogP contribution is -2.16. The van der Waals surface area contributed by atoms with E-state index in [0.717, 1.165) is 22.7 Å². The molecule has 1 heterocycles. The minimum atomic E-state index is -0.127. The molecule has 1 aliphatic rings. The largest absolute Gasteiger partial charge is 0.310 e. The van der Waals surface area contributed by atoms with Crippen LogP contribution in [0.1, 0.15) is 25.0 Å². The molecule has 0 unspecified atom stereocenters. The molecule has 0 saturated carbocycles. The fraction of sp³-hybridized carbons (Fsp3) is 0.0462. The van der Waals surface area contributed by atoms with E-state index in [2.05, 4.69) is 266 Å². The lowest BCUT2D eigenvalue weighted by atomic mass is 9.82. The highest BCUT2D eigenvalue weighted by molar-refractivity contribution is 6.22. The van der Waals surface area contributed by atoms with Crippen LogP contribution in [0.3, 0.4) is 0 Å². The molecular formula is C65H46N2. The molecular weight excluding hydrogens is 809 g/mol. The zero-order valence-corrected chi connectivity index (χ0v) is 37.5. The summed E-state index contributed by atoms with van der Waals surface area (Å²) in [5.41, 5.74) is 19.5. The first-order valence-electron chi connectivity index (χ1n) is 23.3. The van der Waals surface area contributed by atoms with Crippen molar-refractivity contribution < 1.29 is 0 Å². The smallest absolute Gasteiger partial charge is 0.0541 e. The molecule has 2 heteroatoms. The second-order valence-electron chi connectivity index (χ2n) is 18.5. The van der Waals surface area contributed by atoms with E-state index >= 15 is 0 Å². The van der Waals surface area contributed by atoms with Gasteiger partial charge in [0.05, 0.1) is 11.0 Å². The van der Waals surface area contributed by atoms with Crippen molar-refractivity contribution in [1.29, 1.82) is 0 Å². The van der Waals surface area contributed by atoms with Crippen molar-refractivity contribution in [3.63, 3.8) is 0 Å². The lowest BCUT2D eigenvalue weighted by Gasteiger charge is -2.28. The van der Waals surface area contributed by atoms with Crippen LogP contribution in [-0.2, 0) is 5.41 Å². The molecule has 0 fully saturated rings. The second kappa shape index (κ2) is 15.3. The van der Waals surface area contributed by atoms with Gasteiger partial charge in [0.25, 0.3) is 0 Å². The molecule has 11 aromatic carbocycles. The van der Waals surface area contributed by atoms with E-state index in [1.54, 1.807) is 0 Å². The zero-order chi connectivity index (χ0) is 44.6. The summed E-state index contributed by atoms with van der Waals surface area (Å²) in [6, 6.07) is 89.4.